The highest BCUT2D eigenvalue weighted by Gasteiger charge is 2.35. The van der Waals surface area contributed by atoms with Crippen molar-refractivity contribution in [3.63, 3.8) is 0 Å². The molecule has 0 spiro atoms. The zero-order chi connectivity index (χ0) is 15.0. The highest BCUT2D eigenvalue weighted by atomic mass is 32.2. The van der Waals surface area contributed by atoms with E-state index in [0.717, 1.165) is 5.76 Å². The van der Waals surface area contributed by atoms with E-state index in [1.165, 1.54) is 0 Å². The topological polar surface area (TPSA) is 76.4 Å². The summed E-state index contributed by atoms with van der Waals surface area (Å²) in [5.74, 6) is 0.974. The van der Waals surface area contributed by atoms with Crippen molar-refractivity contribution in [3.8, 4) is 0 Å². The van der Waals surface area contributed by atoms with Crippen LogP contribution in [0.5, 0.6) is 0 Å². The van der Waals surface area contributed by atoms with Crippen molar-refractivity contribution < 1.29 is 17.6 Å². The molecule has 0 unspecified atom stereocenters. The number of fused-ring (bicyclic) bond motifs is 1. The highest BCUT2D eigenvalue weighted by molar-refractivity contribution is 7.91. The summed E-state index contributed by atoms with van der Waals surface area (Å²) in [6.45, 7) is 1.81. The number of hydrogen-bond acceptors (Lipinski definition) is 4. The third-order valence-electron chi connectivity index (χ3n) is 3.48. The van der Waals surface area contributed by atoms with Crippen LogP contribution < -0.4 is 5.32 Å². The lowest BCUT2D eigenvalue weighted by Gasteiger charge is -2.12. The maximum atomic E-state index is 12.0. The van der Waals surface area contributed by atoms with Gasteiger partial charge in [0.15, 0.2) is 9.84 Å². The highest BCUT2D eigenvalue weighted by Crippen LogP contribution is 2.32. The summed E-state index contributed by atoms with van der Waals surface area (Å²) in [5.41, 5.74) is 0.654. The summed E-state index contributed by atoms with van der Waals surface area (Å²) in [6.07, 6.45) is 0.104. The van der Waals surface area contributed by atoms with Crippen LogP contribution in [0.3, 0.4) is 0 Å². The van der Waals surface area contributed by atoms with Crippen LogP contribution in [0, 0.1) is 6.92 Å². The minimum Gasteiger partial charge on any atom is -0.466 e. The van der Waals surface area contributed by atoms with Gasteiger partial charge in [-0.25, -0.2) is 8.42 Å². The predicted molar refractivity (Wildman–Crippen MR) is 76.5 cm³/mol. The van der Waals surface area contributed by atoms with Gasteiger partial charge in [0.2, 0.25) is 5.91 Å². The van der Waals surface area contributed by atoms with Crippen LogP contribution in [0.4, 0.5) is 0 Å². The monoisotopic (exact) mass is 305 g/mol. The van der Waals surface area contributed by atoms with Crippen LogP contribution in [0.25, 0.3) is 0 Å². The molecular formula is C15H15NO4S. The summed E-state index contributed by atoms with van der Waals surface area (Å²) >= 11 is 0. The van der Waals surface area contributed by atoms with E-state index in [1.807, 2.05) is 0 Å². The lowest BCUT2D eigenvalue weighted by Crippen LogP contribution is -2.30. The summed E-state index contributed by atoms with van der Waals surface area (Å²) in [4.78, 5) is 12.3. The summed E-state index contributed by atoms with van der Waals surface area (Å²) in [7, 11) is -3.31. The number of carbonyl (C=O) groups is 1. The zero-order valence-corrected chi connectivity index (χ0v) is 12.3. The third-order valence-corrected chi connectivity index (χ3v) is 5.30. The number of furan rings is 1. The van der Waals surface area contributed by atoms with Gasteiger partial charge in [-0.2, -0.15) is 0 Å². The number of aryl methyl sites for hydroxylation is 1. The van der Waals surface area contributed by atoms with Gasteiger partial charge in [-0.05, 0) is 30.7 Å². The van der Waals surface area contributed by atoms with Crippen molar-refractivity contribution in [1.82, 2.24) is 5.32 Å². The van der Waals surface area contributed by atoms with E-state index in [4.69, 9.17) is 4.42 Å². The Morgan fingerprint density at radius 2 is 2.05 bits per heavy atom. The fourth-order valence-corrected chi connectivity index (χ4v) is 4.29. The van der Waals surface area contributed by atoms with Crippen molar-refractivity contribution in [2.75, 3.05) is 5.75 Å². The molecule has 0 radical (unpaired) electrons. The van der Waals surface area contributed by atoms with Gasteiger partial charge in [-0.15, -0.1) is 0 Å². The molecule has 0 saturated carbocycles. The molecule has 0 aliphatic carbocycles. The second-order valence-corrected chi connectivity index (χ2v) is 7.13. The van der Waals surface area contributed by atoms with E-state index < -0.39 is 15.9 Å². The van der Waals surface area contributed by atoms with Gasteiger partial charge in [0, 0.05) is 0 Å². The molecule has 2 heterocycles. The van der Waals surface area contributed by atoms with Crippen molar-refractivity contribution in [3.05, 3.63) is 53.5 Å². The molecule has 1 aliphatic rings. The Kier molecular flexibility index (Phi) is 3.33. The largest absolute Gasteiger partial charge is 0.466 e. The summed E-state index contributed by atoms with van der Waals surface area (Å²) in [6, 6.07) is 9.82. The molecule has 1 amide bonds. The van der Waals surface area contributed by atoms with Gasteiger partial charge in [0.05, 0.1) is 23.1 Å². The SMILES string of the molecule is Cc1ccc(CC(=O)N[C@H]2CS(=O)(=O)c3ccccc32)o1. The minimum atomic E-state index is -3.31. The second-order valence-electron chi connectivity index (χ2n) is 5.13. The van der Waals surface area contributed by atoms with Crippen molar-refractivity contribution in [2.45, 2.75) is 24.3 Å². The Balaban J connectivity index is 1.76. The van der Waals surface area contributed by atoms with Crippen molar-refractivity contribution in [2.24, 2.45) is 0 Å². The van der Waals surface area contributed by atoms with E-state index in [-0.39, 0.29) is 18.1 Å². The average molecular weight is 305 g/mol. The van der Waals surface area contributed by atoms with Crippen molar-refractivity contribution >= 4 is 15.7 Å². The molecule has 1 N–H and O–H groups in total. The Morgan fingerprint density at radius 1 is 1.29 bits per heavy atom. The van der Waals surface area contributed by atoms with E-state index in [1.54, 1.807) is 43.3 Å². The van der Waals surface area contributed by atoms with Crippen molar-refractivity contribution in [1.29, 1.82) is 0 Å². The molecule has 0 fully saturated rings. The average Bonchev–Trinajstić information content (AvgIpc) is 2.93. The Labute approximate surface area is 122 Å². The fraction of sp³-hybridized carbons (Fsp3) is 0.267. The summed E-state index contributed by atoms with van der Waals surface area (Å²) < 4.78 is 29.4. The Bertz CT molecular complexity index is 792. The van der Waals surface area contributed by atoms with Gasteiger partial charge < -0.3 is 9.73 Å². The fourth-order valence-electron chi connectivity index (χ4n) is 2.55. The third kappa shape index (κ3) is 2.71. The van der Waals surface area contributed by atoms with E-state index >= 15 is 0 Å². The number of amides is 1. The molecule has 1 aromatic carbocycles. The molecule has 110 valence electrons. The number of carbonyl (C=O) groups excluding carboxylic acids is 1. The molecule has 1 aliphatic heterocycles. The van der Waals surface area contributed by atoms with Crippen LogP contribution in [-0.2, 0) is 21.1 Å². The maximum absolute atomic E-state index is 12.0. The molecule has 5 nitrogen and oxygen atoms in total. The quantitative estimate of drug-likeness (QED) is 0.937. The molecular weight excluding hydrogens is 290 g/mol. The molecule has 0 saturated heterocycles. The minimum absolute atomic E-state index is 0.0880. The first kappa shape index (κ1) is 13.9. The Hall–Kier alpha value is -2.08. The molecule has 3 rings (SSSR count). The zero-order valence-electron chi connectivity index (χ0n) is 11.5. The van der Waals surface area contributed by atoms with E-state index in [9.17, 15) is 13.2 Å². The number of sulfone groups is 1. The predicted octanol–water partition coefficient (Wildman–Crippen LogP) is 1.78. The van der Waals surface area contributed by atoms with E-state index in [0.29, 0.717) is 16.2 Å². The first-order valence-electron chi connectivity index (χ1n) is 6.62. The number of rotatable bonds is 3. The van der Waals surface area contributed by atoms with E-state index in [2.05, 4.69) is 5.32 Å². The van der Waals surface area contributed by atoms with Gasteiger partial charge in [0.1, 0.15) is 11.5 Å². The molecule has 6 heteroatoms. The number of hydrogen-bond donors (Lipinski definition) is 1. The maximum Gasteiger partial charge on any atom is 0.228 e. The van der Waals surface area contributed by atoms with Gasteiger partial charge in [-0.1, -0.05) is 18.2 Å². The first-order valence-corrected chi connectivity index (χ1v) is 8.27. The van der Waals surface area contributed by atoms with Crippen LogP contribution >= 0.6 is 0 Å². The van der Waals surface area contributed by atoms with Gasteiger partial charge in [0.25, 0.3) is 0 Å². The first-order chi connectivity index (χ1) is 9.95. The van der Waals surface area contributed by atoms with Gasteiger partial charge >= 0.3 is 0 Å². The molecule has 0 bridgehead atoms. The molecule has 21 heavy (non-hydrogen) atoms. The van der Waals surface area contributed by atoms with Crippen LogP contribution in [0.15, 0.2) is 45.7 Å². The number of nitrogens with one attached hydrogen (secondary N) is 1. The van der Waals surface area contributed by atoms with Crippen LogP contribution in [0.1, 0.15) is 23.1 Å². The smallest absolute Gasteiger partial charge is 0.228 e. The Morgan fingerprint density at radius 3 is 2.76 bits per heavy atom. The number of benzene rings is 1. The lowest BCUT2D eigenvalue weighted by atomic mass is 10.1. The normalized spacial score (nSPS) is 19.2. The second kappa shape index (κ2) is 5.04. The van der Waals surface area contributed by atoms with Gasteiger partial charge in [-0.3, -0.25) is 4.79 Å². The standard InChI is InChI=1S/C15H15NO4S/c1-10-6-7-11(20-10)8-15(17)16-13-9-21(18,19)14-5-3-2-4-12(13)14/h2-7,13H,8-9H2,1H3,(H,16,17)/t13-/m0/s1. The van der Waals surface area contributed by atoms with Crippen LogP contribution in [-0.4, -0.2) is 20.1 Å². The molecule has 1 aromatic heterocycles. The molecule has 2 aromatic rings. The molecule has 1 atom stereocenters. The summed E-state index contributed by atoms with van der Waals surface area (Å²) in [5, 5.41) is 2.77. The van der Waals surface area contributed by atoms with Crippen LogP contribution in [0.2, 0.25) is 0 Å². The lowest BCUT2D eigenvalue weighted by molar-refractivity contribution is -0.121.